The minimum absolute atomic E-state index is 0.0205. The predicted octanol–water partition coefficient (Wildman–Crippen LogP) is 3.62. The molecule has 0 unspecified atom stereocenters. The van der Waals surface area contributed by atoms with E-state index in [9.17, 15) is 4.79 Å². The number of nitrogens with one attached hydrogen (secondary N) is 1. The normalized spacial score (nSPS) is 12.2. The number of hydrogen-bond acceptors (Lipinski definition) is 1. The molecular weight excluding hydrogens is 210 g/mol. The van der Waals surface area contributed by atoms with E-state index in [2.05, 4.69) is 32.2 Å². The van der Waals surface area contributed by atoms with Crippen molar-refractivity contribution in [1.29, 1.82) is 0 Å². The summed E-state index contributed by atoms with van der Waals surface area (Å²) in [5, 5.41) is 2.85. The van der Waals surface area contributed by atoms with Crippen LogP contribution in [0.4, 0.5) is 0 Å². The van der Waals surface area contributed by atoms with E-state index in [0.29, 0.717) is 5.92 Å². The summed E-state index contributed by atoms with van der Waals surface area (Å²) < 4.78 is 0. The molecule has 0 bridgehead atoms. The van der Waals surface area contributed by atoms with E-state index in [-0.39, 0.29) is 5.91 Å². The summed E-state index contributed by atoms with van der Waals surface area (Å²) in [6.07, 6.45) is 14.5. The topological polar surface area (TPSA) is 29.1 Å². The molecule has 0 heterocycles. The number of amides is 1. The second-order valence-electron chi connectivity index (χ2n) is 4.43. The Bertz CT molecular complexity index is 275. The number of carbonyl (C=O) groups is 1. The molecule has 17 heavy (non-hydrogen) atoms. The van der Waals surface area contributed by atoms with Gasteiger partial charge in [-0.1, -0.05) is 57.6 Å². The van der Waals surface area contributed by atoms with Crippen molar-refractivity contribution < 1.29 is 4.79 Å². The van der Waals surface area contributed by atoms with E-state index in [4.69, 9.17) is 0 Å². The van der Waals surface area contributed by atoms with Crippen LogP contribution in [0.2, 0.25) is 0 Å². The van der Waals surface area contributed by atoms with Crippen molar-refractivity contribution in [2.75, 3.05) is 6.54 Å². The lowest BCUT2D eigenvalue weighted by Gasteiger charge is -2.03. The molecule has 0 aromatic rings. The fourth-order valence-corrected chi connectivity index (χ4v) is 1.16. The van der Waals surface area contributed by atoms with Gasteiger partial charge in [0.1, 0.15) is 0 Å². The Hall–Kier alpha value is -1.31. The number of rotatable bonds is 8. The van der Waals surface area contributed by atoms with Crippen LogP contribution in [0, 0.1) is 5.92 Å². The molecule has 0 atom stereocenters. The summed E-state index contributed by atoms with van der Waals surface area (Å²) in [6, 6.07) is 0. The van der Waals surface area contributed by atoms with Crippen LogP contribution in [0.25, 0.3) is 0 Å². The summed E-state index contributed by atoms with van der Waals surface area (Å²) in [6.45, 7) is 7.19. The summed E-state index contributed by atoms with van der Waals surface area (Å²) in [5.41, 5.74) is 0. The predicted molar refractivity (Wildman–Crippen MR) is 74.8 cm³/mol. The Balaban J connectivity index is 3.66. The minimum atomic E-state index is -0.0205. The van der Waals surface area contributed by atoms with E-state index in [1.54, 1.807) is 12.2 Å². The average molecular weight is 235 g/mol. The molecule has 0 aliphatic heterocycles. The summed E-state index contributed by atoms with van der Waals surface area (Å²) in [5.74, 6) is 0.607. The number of carbonyl (C=O) groups excluding carboxylic acids is 1. The first-order valence-corrected chi connectivity index (χ1v) is 6.44. The molecule has 0 aliphatic carbocycles. The highest BCUT2D eigenvalue weighted by Crippen LogP contribution is 1.96. The number of allylic oxidation sites excluding steroid dienone is 5. The summed E-state index contributed by atoms with van der Waals surface area (Å²) in [4.78, 5) is 11.3. The average Bonchev–Trinajstić information content (AvgIpc) is 2.27. The van der Waals surface area contributed by atoms with Crippen molar-refractivity contribution in [1.82, 2.24) is 5.32 Å². The summed E-state index contributed by atoms with van der Waals surface area (Å²) in [7, 11) is 0. The molecule has 2 nitrogen and oxygen atoms in total. The molecule has 0 fully saturated rings. The Morgan fingerprint density at radius 3 is 2.53 bits per heavy atom. The Morgan fingerprint density at radius 1 is 1.18 bits per heavy atom. The third kappa shape index (κ3) is 12.6. The van der Waals surface area contributed by atoms with E-state index in [1.165, 1.54) is 6.42 Å². The highest BCUT2D eigenvalue weighted by Gasteiger charge is 1.95. The van der Waals surface area contributed by atoms with Gasteiger partial charge >= 0.3 is 0 Å². The third-order valence-corrected chi connectivity index (χ3v) is 2.19. The maximum absolute atomic E-state index is 11.3. The van der Waals surface area contributed by atoms with Crippen LogP contribution in [-0.4, -0.2) is 12.5 Å². The highest BCUT2D eigenvalue weighted by atomic mass is 16.1. The zero-order chi connectivity index (χ0) is 12.9. The van der Waals surface area contributed by atoms with Crippen molar-refractivity contribution in [2.24, 2.45) is 5.92 Å². The maximum atomic E-state index is 11.3. The van der Waals surface area contributed by atoms with Crippen molar-refractivity contribution >= 4 is 5.91 Å². The number of hydrogen-bond donors (Lipinski definition) is 1. The molecule has 0 aromatic heterocycles. The molecular formula is C15H25NO. The standard InChI is InChI=1S/C15H25NO/c1-4-5-6-7-8-9-10-11-15(17)16-13-12-14(2)3/h6-11,14H,4-5,12-13H2,1-3H3,(H,16,17). The SMILES string of the molecule is CCCC=CC=CC=CC(=O)NCCC(C)C. The van der Waals surface area contributed by atoms with Gasteiger partial charge in [0.25, 0.3) is 0 Å². The molecule has 0 saturated carbocycles. The van der Waals surface area contributed by atoms with Crippen LogP contribution in [0.3, 0.4) is 0 Å². The first-order chi connectivity index (χ1) is 8.16. The molecule has 0 radical (unpaired) electrons. The van der Waals surface area contributed by atoms with Gasteiger partial charge in [-0.3, -0.25) is 4.79 Å². The molecule has 0 rings (SSSR count). The van der Waals surface area contributed by atoms with Crippen LogP contribution in [0.5, 0.6) is 0 Å². The van der Waals surface area contributed by atoms with Crippen LogP contribution >= 0.6 is 0 Å². The van der Waals surface area contributed by atoms with E-state index in [0.717, 1.165) is 19.4 Å². The lowest BCUT2D eigenvalue weighted by atomic mass is 10.1. The lowest BCUT2D eigenvalue weighted by molar-refractivity contribution is -0.116. The van der Waals surface area contributed by atoms with Gasteiger partial charge in [-0.2, -0.15) is 0 Å². The molecule has 1 N–H and O–H groups in total. The molecule has 1 amide bonds. The monoisotopic (exact) mass is 235 g/mol. The second-order valence-corrected chi connectivity index (χ2v) is 4.43. The zero-order valence-electron chi connectivity index (χ0n) is 11.3. The fourth-order valence-electron chi connectivity index (χ4n) is 1.16. The molecule has 0 aliphatic rings. The van der Waals surface area contributed by atoms with Crippen LogP contribution in [0.1, 0.15) is 40.0 Å². The van der Waals surface area contributed by atoms with E-state index < -0.39 is 0 Å². The van der Waals surface area contributed by atoms with Gasteiger partial charge in [0.05, 0.1) is 0 Å². The van der Waals surface area contributed by atoms with Gasteiger partial charge in [-0.25, -0.2) is 0 Å². The van der Waals surface area contributed by atoms with E-state index >= 15 is 0 Å². The van der Waals surface area contributed by atoms with Crippen LogP contribution < -0.4 is 5.32 Å². The van der Waals surface area contributed by atoms with Gasteiger partial charge in [0.2, 0.25) is 5.91 Å². The van der Waals surface area contributed by atoms with Gasteiger partial charge in [0, 0.05) is 12.6 Å². The van der Waals surface area contributed by atoms with Gasteiger partial charge < -0.3 is 5.32 Å². The third-order valence-electron chi connectivity index (χ3n) is 2.19. The Labute approximate surface area is 105 Å². The molecule has 96 valence electrons. The summed E-state index contributed by atoms with van der Waals surface area (Å²) >= 11 is 0. The largest absolute Gasteiger partial charge is 0.353 e. The van der Waals surface area contributed by atoms with Gasteiger partial charge in [-0.05, 0) is 18.8 Å². The van der Waals surface area contributed by atoms with Crippen LogP contribution in [0.15, 0.2) is 36.5 Å². The lowest BCUT2D eigenvalue weighted by Crippen LogP contribution is -2.23. The molecule has 2 heteroatoms. The maximum Gasteiger partial charge on any atom is 0.243 e. The van der Waals surface area contributed by atoms with Crippen LogP contribution in [-0.2, 0) is 4.79 Å². The fraction of sp³-hybridized carbons (Fsp3) is 0.533. The van der Waals surface area contributed by atoms with Gasteiger partial charge in [0.15, 0.2) is 0 Å². The quantitative estimate of drug-likeness (QED) is 0.505. The second kappa shape index (κ2) is 11.2. The van der Waals surface area contributed by atoms with Crippen molar-refractivity contribution in [2.45, 2.75) is 40.0 Å². The smallest absolute Gasteiger partial charge is 0.243 e. The van der Waals surface area contributed by atoms with Crippen molar-refractivity contribution in [3.8, 4) is 0 Å². The van der Waals surface area contributed by atoms with Gasteiger partial charge in [-0.15, -0.1) is 0 Å². The molecule has 0 saturated heterocycles. The Kier molecular flexibility index (Phi) is 10.3. The Morgan fingerprint density at radius 2 is 1.88 bits per heavy atom. The molecule has 0 spiro atoms. The first kappa shape index (κ1) is 15.7. The van der Waals surface area contributed by atoms with E-state index in [1.807, 2.05) is 18.2 Å². The highest BCUT2D eigenvalue weighted by molar-refractivity contribution is 5.87. The number of unbranched alkanes of at least 4 members (excludes halogenated alkanes) is 1. The van der Waals surface area contributed by atoms with Crippen molar-refractivity contribution in [3.05, 3.63) is 36.5 Å². The first-order valence-electron chi connectivity index (χ1n) is 6.44. The zero-order valence-corrected chi connectivity index (χ0v) is 11.3. The van der Waals surface area contributed by atoms with Crippen molar-refractivity contribution in [3.63, 3.8) is 0 Å². The minimum Gasteiger partial charge on any atom is -0.353 e. The molecule has 0 aromatic carbocycles.